The van der Waals surface area contributed by atoms with E-state index < -0.39 is 0 Å². The van der Waals surface area contributed by atoms with Crippen LogP contribution in [0.15, 0.2) is 59.6 Å². The van der Waals surface area contributed by atoms with Gasteiger partial charge >= 0.3 is 0 Å². The third kappa shape index (κ3) is 3.48. The quantitative estimate of drug-likeness (QED) is 0.547. The van der Waals surface area contributed by atoms with E-state index >= 15 is 0 Å². The number of hydrogen-bond donors (Lipinski definition) is 1. The van der Waals surface area contributed by atoms with Crippen LogP contribution < -0.4 is 10.2 Å². The molecule has 1 N–H and O–H groups in total. The van der Waals surface area contributed by atoms with Crippen LogP contribution in [0.2, 0.25) is 5.02 Å². The maximum absolute atomic E-state index is 13.4. The molecule has 0 bridgehead atoms. The lowest BCUT2D eigenvalue weighted by Crippen LogP contribution is -2.33. The summed E-state index contributed by atoms with van der Waals surface area (Å²) in [5, 5.41) is 5.71. The number of halogens is 1. The Kier molecular flexibility index (Phi) is 5.03. The first-order valence-corrected chi connectivity index (χ1v) is 10.4. The molecule has 0 atom stereocenters. The van der Waals surface area contributed by atoms with Gasteiger partial charge in [0.2, 0.25) is 0 Å². The molecule has 0 saturated carbocycles. The molecule has 0 spiro atoms. The van der Waals surface area contributed by atoms with Gasteiger partial charge < -0.3 is 5.32 Å². The van der Waals surface area contributed by atoms with E-state index in [9.17, 15) is 9.59 Å². The lowest BCUT2D eigenvalue weighted by Gasteiger charge is -2.18. The number of imide groups is 1. The van der Waals surface area contributed by atoms with E-state index in [0.29, 0.717) is 16.3 Å². The summed E-state index contributed by atoms with van der Waals surface area (Å²) < 4.78 is 0. The van der Waals surface area contributed by atoms with E-state index in [4.69, 9.17) is 11.6 Å². The van der Waals surface area contributed by atoms with Crippen LogP contribution in [0.1, 0.15) is 21.6 Å². The second kappa shape index (κ2) is 7.50. The van der Waals surface area contributed by atoms with Crippen LogP contribution in [0.5, 0.6) is 0 Å². The van der Waals surface area contributed by atoms with Crippen molar-refractivity contribution in [1.82, 2.24) is 0 Å². The summed E-state index contributed by atoms with van der Waals surface area (Å²) in [5.41, 5.74) is 4.85. The Morgan fingerprint density at radius 3 is 2.38 bits per heavy atom. The predicted octanol–water partition coefficient (Wildman–Crippen LogP) is 5.72. The van der Waals surface area contributed by atoms with Crippen LogP contribution in [0, 0.1) is 20.8 Å². The maximum Gasteiger partial charge on any atom is 0.282 e. The van der Waals surface area contributed by atoms with E-state index in [1.54, 1.807) is 6.07 Å². The fourth-order valence-electron chi connectivity index (χ4n) is 3.47. The van der Waals surface area contributed by atoms with E-state index in [-0.39, 0.29) is 17.5 Å². The summed E-state index contributed by atoms with van der Waals surface area (Å²) in [7, 11) is 0. The zero-order chi connectivity index (χ0) is 20.7. The van der Waals surface area contributed by atoms with Gasteiger partial charge in [-0.2, -0.15) is 0 Å². The van der Waals surface area contributed by atoms with Gasteiger partial charge in [-0.1, -0.05) is 35.4 Å². The van der Waals surface area contributed by atoms with Crippen LogP contribution in [-0.4, -0.2) is 11.8 Å². The summed E-state index contributed by atoms with van der Waals surface area (Å²) in [6, 6.07) is 14.8. The Bertz CT molecular complexity index is 1170. The topological polar surface area (TPSA) is 49.4 Å². The number of carbonyl (C=O) groups is 2. The number of nitrogens with one attached hydrogen (secondary N) is 1. The monoisotopic (exact) mass is 422 g/mol. The molecule has 0 radical (unpaired) electrons. The van der Waals surface area contributed by atoms with Crippen LogP contribution >= 0.6 is 22.9 Å². The standard InChI is InChI=1S/C23H19ClN2O2S/c1-13-6-9-18(15(3)11-13)26-22(27)20(19-5-4-10-29-19)21(23(26)28)25-17-8-7-16(24)12-14(17)2/h4-12,25H,1-3H3. The van der Waals surface area contributed by atoms with E-state index in [2.05, 4.69) is 5.32 Å². The molecule has 2 aromatic carbocycles. The molecule has 4 rings (SSSR count). The summed E-state index contributed by atoms with van der Waals surface area (Å²) >= 11 is 7.49. The molecule has 146 valence electrons. The Morgan fingerprint density at radius 2 is 1.72 bits per heavy atom. The Hall–Kier alpha value is -2.89. The highest BCUT2D eigenvalue weighted by atomic mass is 35.5. The van der Waals surface area contributed by atoms with Gasteiger partial charge in [0.1, 0.15) is 5.70 Å². The van der Waals surface area contributed by atoms with Gasteiger partial charge in [-0.15, -0.1) is 11.3 Å². The normalized spacial score (nSPS) is 14.1. The third-order valence-corrected chi connectivity index (χ3v) is 6.02. The van der Waals surface area contributed by atoms with E-state index in [0.717, 1.165) is 27.3 Å². The zero-order valence-corrected chi connectivity index (χ0v) is 17.8. The first-order valence-electron chi connectivity index (χ1n) is 9.14. The van der Waals surface area contributed by atoms with Crippen molar-refractivity contribution in [3.63, 3.8) is 0 Å². The van der Waals surface area contributed by atoms with Crippen molar-refractivity contribution in [3.8, 4) is 0 Å². The smallest absolute Gasteiger partial charge is 0.282 e. The molecule has 1 aromatic heterocycles. The molecule has 2 heterocycles. The fraction of sp³-hybridized carbons (Fsp3) is 0.130. The lowest BCUT2D eigenvalue weighted by molar-refractivity contribution is -0.120. The SMILES string of the molecule is Cc1ccc(N2C(=O)C(Nc3ccc(Cl)cc3C)=C(c3cccs3)C2=O)c(C)c1. The number of hydrogen-bond acceptors (Lipinski definition) is 4. The third-order valence-electron chi connectivity index (χ3n) is 4.89. The Labute approximate surface area is 178 Å². The van der Waals surface area contributed by atoms with Crippen molar-refractivity contribution in [1.29, 1.82) is 0 Å². The second-order valence-electron chi connectivity index (χ2n) is 7.05. The Balaban J connectivity index is 1.83. The predicted molar refractivity (Wildman–Crippen MR) is 119 cm³/mol. The van der Waals surface area contributed by atoms with Crippen LogP contribution in [-0.2, 0) is 9.59 Å². The molecular weight excluding hydrogens is 404 g/mol. The van der Waals surface area contributed by atoms with Crippen molar-refractivity contribution < 1.29 is 9.59 Å². The number of nitrogens with zero attached hydrogens (tertiary/aromatic N) is 1. The molecule has 0 aliphatic carbocycles. The number of carbonyl (C=O) groups excluding carboxylic acids is 2. The van der Waals surface area contributed by atoms with Crippen molar-refractivity contribution in [2.75, 3.05) is 10.2 Å². The molecule has 0 unspecified atom stereocenters. The summed E-state index contributed by atoms with van der Waals surface area (Å²) in [6.45, 7) is 5.79. The van der Waals surface area contributed by atoms with Crippen molar-refractivity contribution in [2.45, 2.75) is 20.8 Å². The molecule has 4 nitrogen and oxygen atoms in total. The fourth-order valence-corrected chi connectivity index (χ4v) is 4.47. The first-order chi connectivity index (χ1) is 13.9. The highest BCUT2D eigenvalue weighted by molar-refractivity contribution is 7.11. The van der Waals surface area contributed by atoms with E-state index in [1.165, 1.54) is 16.2 Å². The zero-order valence-electron chi connectivity index (χ0n) is 16.2. The number of rotatable bonds is 4. The van der Waals surface area contributed by atoms with Crippen LogP contribution in [0.3, 0.4) is 0 Å². The van der Waals surface area contributed by atoms with Gasteiger partial charge in [-0.25, -0.2) is 4.90 Å². The van der Waals surface area contributed by atoms with Crippen molar-refractivity contribution in [2.24, 2.45) is 0 Å². The molecule has 1 aliphatic rings. The number of benzene rings is 2. The van der Waals surface area contributed by atoms with Gasteiger partial charge in [0.25, 0.3) is 11.8 Å². The van der Waals surface area contributed by atoms with E-state index in [1.807, 2.05) is 68.6 Å². The highest BCUT2D eigenvalue weighted by Crippen LogP contribution is 2.37. The average Bonchev–Trinajstić information content (AvgIpc) is 3.26. The Morgan fingerprint density at radius 1 is 0.931 bits per heavy atom. The minimum atomic E-state index is -0.361. The molecule has 2 amide bonds. The summed E-state index contributed by atoms with van der Waals surface area (Å²) in [6.07, 6.45) is 0. The van der Waals surface area contributed by atoms with Crippen molar-refractivity contribution >= 4 is 51.7 Å². The lowest BCUT2D eigenvalue weighted by atomic mass is 10.1. The molecule has 3 aromatic rings. The number of anilines is 2. The number of thiophene rings is 1. The number of aryl methyl sites for hydroxylation is 3. The largest absolute Gasteiger partial charge is 0.350 e. The molecule has 1 aliphatic heterocycles. The molecule has 29 heavy (non-hydrogen) atoms. The van der Waals surface area contributed by atoms with Crippen LogP contribution in [0.25, 0.3) is 5.57 Å². The number of amides is 2. The molecule has 0 saturated heterocycles. The molecule has 6 heteroatoms. The van der Waals surface area contributed by atoms with Gasteiger partial charge in [-0.3, -0.25) is 9.59 Å². The van der Waals surface area contributed by atoms with Gasteiger partial charge in [-0.05, 0) is 67.6 Å². The van der Waals surface area contributed by atoms with Crippen LogP contribution in [0.4, 0.5) is 11.4 Å². The maximum atomic E-state index is 13.4. The molecular formula is C23H19ClN2O2S. The second-order valence-corrected chi connectivity index (χ2v) is 8.43. The minimum Gasteiger partial charge on any atom is -0.350 e. The highest BCUT2D eigenvalue weighted by Gasteiger charge is 2.41. The summed E-state index contributed by atoms with van der Waals surface area (Å²) in [4.78, 5) is 28.8. The van der Waals surface area contributed by atoms with Gasteiger partial charge in [0, 0.05) is 15.6 Å². The van der Waals surface area contributed by atoms with Gasteiger partial charge in [0.05, 0.1) is 11.3 Å². The first kappa shape index (κ1) is 19.4. The molecule has 0 fully saturated rings. The van der Waals surface area contributed by atoms with Crippen molar-refractivity contribution in [3.05, 3.63) is 86.2 Å². The minimum absolute atomic E-state index is 0.280. The summed E-state index contributed by atoms with van der Waals surface area (Å²) in [5.74, 6) is -0.682. The average molecular weight is 423 g/mol. The van der Waals surface area contributed by atoms with Gasteiger partial charge in [0.15, 0.2) is 0 Å².